The molecule has 0 aliphatic rings. The molecule has 1 rings (SSSR count). The van der Waals surface area contributed by atoms with E-state index in [1.165, 1.54) is 6.26 Å². The molecule has 0 aromatic heterocycles. The molecule has 90 valence electrons. The van der Waals surface area contributed by atoms with E-state index in [0.29, 0.717) is 23.8 Å². The minimum atomic E-state index is -2.90. The first-order valence-corrected chi connectivity index (χ1v) is 7.39. The Morgan fingerprint density at radius 1 is 1.38 bits per heavy atom. The normalized spacial score (nSPS) is 11.4. The van der Waals surface area contributed by atoms with Crippen LogP contribution in [0.3, 0.4) is 0 Å². The van der Waals surface area contributed by atoms with Crippen molar-refractivity contribution in [3.05, 3.63) is 28.8 Å². The molecular formula is C11H15ClO3S. The van der Waals surface area contributed by atoms with Crippen LogP contribution < -0.4 is 4.74 Å². The Labute approximate surface area is 101 Å². The predicted molar refractivity (Wildman–Crippen MR) is 66.0 cm³/mol. The molecular weight excluding hydrogens is 248 g/mol. The molecule has 1 aromatic carbocycles. The number of hydrogen-bond acceptors (Lipinski definition) is 3. The van der Waals surface area contributed by atoms with Gasteiger partial charge in [0.25, 0.3) is 0 Å². The topological polar surface area (TPSA) is 43.4 Å². The summed E-state index contributed by atoms with van der Waals surface area (Å²) in [5.41, 5.74) is 0.990. The van der Waals surface area contributed by atoms with Crippen LogP contribution in [0.5, 0.6) is 5.75 Å². The highest BCUT2D eigenvalue weighted by Gasteiger charge is 2.03. The van der Waals surface area contributed by atoms with E-state index in [0.717, 1.165) is 5.56 Å². The van der Waals surface area contributed by atoms with Gasteiger partial charge in [0.05, 0.1) is 12.4 Å². The van der Waals surface area contributed by atoms with Gasteiger partial charge in [0, 0.05) is 11.3 Å². The van der Waals surface area contributed by atoms with Crippen LogP contribution in [0.25, 0.3) is 0 Å². The molecule has 5 heteroatoms. The number of hydrogen-bond donors (Lipinski definition) is 0. The number of ether oxygens (including phenoxy) is 1. The summed E-state index contributed by atoms with van der Waals surface area (Å²) in [5.74, 6) is 0.855. The van der Waals surface area contributed by atoms with Crippen LogP contribution in [0.1, 0.15) is 12.0 Å². The van der Waals surface area contributed by atoms with Gasteiger partial charge >= 0.3 is 0 Å². The zero-order valence-corrected chi connectivity index (χ0v) is 10.9. The van der Waals surface area contributed by atoms with E-state index in [2.05, 4.69) is 0 Å². The largest absolute Gasteiger partial charge is 0.493 e. The molecule has 0 saturated heterocycles. The van der Waals surface area contributed by atoms with Crippen LogP contribution in [0, 0.1) is 6.92 Å². The van der Waals surface area contributed by atoms with Gasteiger partial charge in [0.2, 0.25) is 0 Å². The maximum Gasteiger partial charge on any atom is 0.147 e. The Morgan fingerprint density at radius 3 is 2.69 bits per heavy atom. The second-order valence-electron chi connectivity index (χ2n) is 3.74. The lowest BCUT2D eigenvalue weighted by molar-refractivity contribution is 0.315. The molecule has 0 atom stereocenters. The molecule has 0 aliphatic heterocycles. The highest BCUT2D eigenvalue weighted by Crippen LogP contribution is 2.22. The maximum atomic E-state index is 10.9. The van der Waals surface area contributed by atoms with E-state index in [4.69, 9.17) is 16.3 Å². The second kappa shape index (κ2) is 5.55. The van der Waals surface area contributed by atoms with E-state index < -0.39 is 9.84 Å². The summed E-state index contributed by atoms with van der Waals surface area (Å²) < 4.78 is 27.2. The van der Waals surface area contributed by atoms with E-state index in [1.807, 2.05) is 13.0 Å². The summed E-state index contributed by atoms with van der Waals surface area (Å²) in [6, 6.07) is 5.39. The average molecular weight is 263 g/mol. The number of rotatable bonds is 5. The van der Waals surface area contributed by atoms with E-state index in [9.17, 15) is 8.42 Å². The van der Waals surface area contributed by atoms with Gasteiger partial charge in [-0.05, 0) is 31.0 Å². The first-order chi connectivity index (χ1) is 7.38. The Bertz CT molecular complexity index is 454. The van der Waals surface area contributed by atoms with Crippen molar-refractivity contribution in [3.63, 3.8) is 0 Å². The van der Waals surface area contributed by atoms with Crippen molar-refractivity contribution < 1.29 is 13.2 Å². The van der Waals surface area contributed by atoms with Crippen molar-refractivity contribution in [2.24, 2.45) is 0 Å². The Morgan fingerprint density at radius 2 is 2.06 bits per heavy atom. The van der Waals surface area contributed by atoms with Crippen LogP contribution >= 0.6 is 11.6 Å². The van der Waals surface area contributed by atoms with E-state index in [1.54, 1.807) is 12.1 Å². The average Bonchev–Trinajstić information content (AvgIpc) is 2.16. The van der Waals surface area contributed by atoms with Gasteiger partial charge in [-0.3, -0.25) is 0 Å². The summed E-state index contributed by atoms with van der Waals surface area (Å²) >= 11 is 5.83. The molecule has 0 N–H and O–H groups in total. The SMILES string of the molecule is Cc1ccc(Cl)cc1OCCCS(C)(=O)=O. The minimum absolute atomic E-state index is 0.145. The maximum absolute atomic E-state index is 10.9. The second-order valence-corrected chi connectivity index (χ2v) is 6.44. The summed E-state index contributed by atoms with van der Waals surface area (Å²) in [7, 11) is -2.90. The van der Waals surface area contributed by atoms with Gasteiger partial charge in [-0.25, -0.2) is 8.42 Å². The van der Waals surface area contributed by atoms with Crippen molar-refractivity contribution in [2.75, 3.05) is 18.6 Å². The van der Waals surface area contributed by atoms with Crippen LogP contribution in [0.4, 0.5) is 0 Å². The number of benzene rings is 1. The van der Waals surface area contributed by atoms with Crippen molar-refractivity contribution in [1.82, 2.24) is 0 Å². The lowest BCUT2D eigenvalue weighted by Gasteiger charge is -2.08. The zero-order valence-electron chi connectivity index (χ0n) is 9.36. The van der Waals surface area contributed by atoms with Gasteiger partial charge < -0.3 is 4.74 Å². The molecule has 0 heterocycles. The summed E-state index contributed by atoms with van der Waals surface area (Å²) in [6.07, 6.45) is 1.71. The fourth-order valence-electron chi connectivity index (χ4n) is 1.23. The van der Waals surface area contributed by atoms with Crippen LogP contribution in [0.15, 0.2) is 18.2 Å². The number of aryl methyl sites for hydroxylation is 1. The van der Waals surface area contributed by atoms with Gasteiger partial charge in [-0.15, -0.1) is 0 Å². The zero-order chi connectivity index (χ0) is 12.2. The molecule has 3 nitrogen and oxygen atoms in total. The van der Waals surface area contributed by atoms with Crippen LogP contribution in [-0.4, -0.2) is 27.0 Å². The van der Waals surface area contributed by atoms with Crippen molar-refractivity contribution in [2.45, 2.75) is 13.3 Å². The fraction of sp³-hybridized carbons (Fsp3) is 0.455. The Kier molecular flexibility index (Phi) is 4.62. The summed E-state index contributed by atoms with van der Waals surface area (Å²) in [5, 5.41) is 0.615. The minimum Gasteiger partial charge on any atom is -0.493 e. The van der Waals surface area contributed by atoms with Crippen molar-refractivity contribution >= 4 is 21.4 Å². The van der Waals surface area contributed by atoms with Crippen LogP contribution in [0.2, 0.25) is 5.02 Å². The Hall–Kier alpha value is -0.740. The Balaban J connectivity index is 2.46. The molecule has 0 saturated carbocycles. The quantitative estimate of drug-likeness (QED) is 0.766. The van der Waals surface area contributed by atoms with E-state index in [-0.39, 0.29) is 5.75 Å². The molecule has 1 aromatic rings. The highest BCUT2D eigenvalue weighted by molar-refractivity contribution is 7.90. The molecule has 0 bridgehead atoms. The first-order valence-electron chi connectivity index (χ1n) is 4.95. The third-order valence-electron chi connectivity index (χ3n) is 2.07. The lowest BCUT2D eigenvalue weighted by Crippen LogP contribution is -2.08. The van der Waals surface area contributed by atoms with Gasteiger partial charge in [-0.2, -0.15) is 0 Å². The molecule has 16 heavy (non-hydrogen) atoms. The summed E-state index contributed by atoms with van der Waals surface area (Å²) in [6.45, 7) is 2.30. The smallest absolute Gasteiger partial charge is 0.147 e. The van der Waals surface area contributed by atoms with Gasteiger partial charge in [-0.1, -0.05) is 17.7 Å². The molecule has 0 unspecified atom stereocenters. The number of sulfone groups is 1. The summed E-state index contributed by atoms with van der Waals surface area (Å²) in [4.78, 5) is 0. The molecule has 0 aliphatic carbocycles. The molecule has 0 spiro atoms. The standard InChI is InChI=1S/C11H15ClO3S/c1-9-4-5-10(12)8-11(9)15-6-3-7-16(2,13)14/h4-5,8H,3,6-7H2,1-2H3. The highest BCUT2D eigenvalue weighted by atomic mass is 35.5. The van der Waals surface area contributed by atoms with E-state index >= 15 is 0 Å². The predicted octanol–water partition coefficient (Wildman–Crippen LogP) is 2.46. The molecule has 0 amide bonds. The van der Waals surface area contributed by atoms with Crippen molar-refractivity contribution in [3.8, 4) is 5.75 Å². The fourth-order valence-corrected chi connectivity index (χ4v) is 2.04. The monoisotopic (exact) mass is 262 g/mol. The number of halogens is 1. The third kappa shape index (κ3) is 4.86. The third-order valence-corrected chi connectivity index (χ3v) is 3.33. The van der Waals surface area contributed by atoms with Gasteiger partial charge in [0.15, 0.2) is 0 Å². The lowest BCUT2D eigenvalue weighted by atomic mass is 10.2. The van der Waals surface area contributed by atoms with Crippen LogP contribution in [-0.2, 0) is 9.84 Å². The molecule has 0 fully saturated rings. The first kappa shape index (κ1) is 13.3. The van der Waals surface area contributed by atoms with Gasteiger partial charge in [0.1, 0.15) is 15.6 Å². The van der Waals surface area contributed by atoms with Crippen molar-refractivity contribution in [1.29, 1.82) is 0 Å². The molecule has 0 radical (unpaired) electrons.